The Balaban J connectivity index is 1.35. The van der Waals surface area contributed by atoms with E-state index >= 15 is 0 Å². The molecule has 2 aromatic heterocycles. The van der Waals surface area contributed by atoms with Crippen molar-refractivity contribution in [1.29, 1.82) is 0 Å². The number of benzene rings is 1. The fourth-order valence-corrected chi connectivity index (χ4v) is 4.62. The van der Waals surface area contributed by atoms with E-state index in [1.807, 2.05) is 48.7 Å². The minimum absolute atomic E-state index is 0.557. The minimum atomic E-state index is 0.557. The lowest BCUT2D eigenvalue weighted by Gasteiger charge is -2.20. The Morgan fingerprint density at radius 1 is 1.21 bits per heavy atom. The molecule has 6 nitrogen and oxygen atoms in total. The molecule has 0 fully saturated rings. The second-order valence-corrected chi connectivity index (χ2v) is 8.12. The molecule has 4 rings (SSSR count). The summed E-state index contributed by atoms with van der Waals surface area (Å²) >= 11 is 1.84. The van der Waals surface area contributed by atoms with Gasteiger partial charge in [0.05, 0.1) is 24.5 Å². The molecule has 3 aromatic rings. The van der Waals surface area contributed by atoms with Gasteiger partial charge in [0.1, 0.15) is 11.3 Å². The van der Waals surface area contributed by atoms with Gasteiger partial charge in [0.15, 0.2) is 5.96 Å². The van der Waals surface area contributed by atoms with Crippen LogP contribution in [0.2, 0.25) is 0 Å². The topological polar surface area (TPSA) is 66.6 Å². The Morgan fingerprint density at radius 3 is 2.82 bits per heavy atom. The van der Waals surface area contributed by atoms with Crippen LogP contribution < -0.4 is 5.32 Å². The zero-order chi connectivity index (χ0) is 19.3. The first-order chi connectivity index (χ1) is 13.7. The van der Waals surface area contributed by atoms with E-state index in [0.717, 1.165) is 35.2 Å². The molecule has 28 heavy (non-hydrogen) atoms. The fraction of sp³-hybridized carbons (Fsp3) is 0.381. The van der Waals surface area contributed by atoms with E-state index in [4.69, 9.17) is 9.40 Å². The van der Waals surface area contributed by atoms with Gasteiger partial charge in [-0.2, -0.15) is 0 Å². The van der Waals surface area contributed by atoms with Crippen LogP contribution in [0, 0.1) is 0 Å². The summed E-state index contributed by atoms with van der Waals surface area (Å²) in [4.78, 5) is 17.4. The standard InChI is InChI=1S/C21H25N5OS/c1-22-21(26(2)13-19-25-17-10-6-7-11-18(17)28-19)23-12-16-14-27-20(24-16)15-8-4-3-5-9-15/h3-5,8-9,14H,6-7,10-13H2,1-2H3,(H,22,23). The highest BCUT2D eigenvalue weighted by Crippen LogP contribution is 2.27. The maximum absolute atomic E-state index is 5.61. The molecule has 0 bridgehead atoms. The van der Waals surface area contributed by atoms with Crippen molar-refractivity contribution in [2.24, 2.45) is 4.99 Å². The number of guanidine groups is 1. The number of aliphatic imine (C=N–C) groups is 1. The number of hydrogen-bond acceptors (Lipinski definition) is 5. The van der Waals surface area contributed by atoms with Crippen LogP contribution in [-0.4, -0.2) is 34.9 Å². The zero-order valence-electron chi connectivity index (χ0n) is 16.3. The number of hydrogen-bond donors (Lipinski definition) is 1. The molecular formula is C21H25N5OS. The summed E-state index contributed by atoms with van der Waals surface area (Å²) in [5.74, 6) is 1.45. The van der Waals surface area contributed by atoms with Gasteiger partial charge in [0.2, 0.25) is 5.89 Å². The molecule has 0 aliphatic heterocycles. The summed E-state index contributed by atoms with van der Waals surface area (Å²) in [6.45, 7) is 1.31. The van der Waals surface area contributed by atoms with E-state index in [-0.39, 0.29) is 0 Å². The van der Waals surface area contributed by atoms with Gasteiger partial charge >= 0.3 is 0 Å². The van der Waals surface area contributed by atoms with E-state index in [2.05, 4.69) is 20.2 Å². The van der Waals surface area contributed by atoms with Crippen molar-refractivity contribution >= 4 is 17.3 Å². The first-order valence-electron chi connectivity index (χ1n) is 9.62. The first-order valence-corrected chi connectivity index (χ1v) is 10.4. The summed E-state index contributed by atoms with van der Waals surface area (Å²) < 4.78 is 5.61. The number of nitrogens with one attached hydrogen (secondary N) is 1. The first kappa shape index (κ1) is 18.7. The van der Waals surface area contributed by atoms with Crippen LogP contribution in [0.15, 0.2) is 46.0 Å². The Morgan fingerprint density at radius 2 is 2.04 bits per heavy atom. The molecule has 0 saturated heterocycles. The lowest BCUT2D eigenvalue weighted by Crippen LogP contribution is -2.38. The summed E-state index contributed by atoms with van der Waals surface area (Å²) in [5, 5.41) is 4.52. The number of aryl methyl sites for hydroxylation is 2. The molecule has 1 N–H and O–H groups in total. The van der Waals surface area contributed by atoms with Crippen LogP contribution in [0.25, 0.3) is 11.5 Å². The summed E-state index contributed by atoms with van der Waals surface area (Å²) in [6.07, 6.45) is 6.55. The highest BCUT2D eigenvalue weighted by atomic mass is 32.1. The largest absolute Gasteiger partial charge is 0.444 e. The Labute approximate surface area is 169 Å². The fourth-order valence-electron chi connectivity index (χ4n) is 3.41. The van der Waals surface area contributed by atoms with Crippen LogP contribution in [0.5, 0.6) is 0 Å². The molecule has 1 aliphatic carbocycles. The van der Waals surface area contributed by atoms with Crippen LogP contribution in [0.3, 0.4) is 0 Å². The number of fused-ring (bicyclic) bond motifs is 1. The lowest BCUT2D eigenvalue weighted by molar-refractivity contribution is 0.473. The monoisotopic (exact) mass is 395 g/mol. The quantitative estimate of drug-likeness (QED) is 0.524. The smallest absolute Gasteiger partial charge is 0.226 e. The molecule has 2 heterocycles. The zero-order valence-corrected chi connectivity index (χ0v) is 17.1. The van der Waals surface area contributed by atoms with Crippen molar-refractivity contribution in [2.75, 3.05) is 14.1 Å². The number of aromatic nitrogens is 2. The van der Waals surface area contributed by atoms with Gasteiger partial charge < -0.3 is 14.6 Å². The normalized spacial score (nSPS) is 14.0. The summed E-state index contributed by atoms with van der Waals surface area (Å²) in [6, 6.07) is 9.91. The van der Waals surface area contributed by atoms with Gasteiger partial charge in [0, 0.05) is 24.5 Å². The van der Waals surface area contributed by atoms with Crippen LogP contribution in [0.4, 0.5) is 0 Å². The third kappa shape index (κ3) is 4.25. The Hall–Kier alpha value is -2.67. The predicted octanol–water partition coefficient (Wildman–Crippen LogP) is 3.88. The van der Waals surface area contributed by atoms with Crippen molar-refractivity contribution in [2.45, 2.75) is 38.8 Å². The van der Waals surface area contributed by atoms with Gasteiger partial charge in [-0.15, -0.1) is 11.3 Å². The van der Waals surface area contributed by atoms with Gasteiger partial charge in [0.25, 0.3) is 0 Å². The number of thiazole rings is 1. The maximum Gasteiger partial charge on any atom is 0.226 e. The van der Waals surface area contributed by atoms with Gasteiger partial charge in [-0.3, -0.25) is 4.99 Å². The van der Waals surface area contributed by atoms with E-state index < -0.39 is 0 Å². The van der Waals surface area contributed by atoms with Gasteiger partial charge in [-0.25, -0.2) is 9.97 Å². The highest BCUT2D eigenvalue weighted by Gasteiger charge is 2.17. The molecule has 146 valence electrons. The second-order valence-electron chi connectivity index (χ2n) is 6.95. The van der Waals surface area contributed by atoms with Crippen LogP contribution in [0.1, 0.15) is 34.1 Å². The van der Waals surface area contributed by atoms with Crippen molar-refractivity contribution < 1.29 is 4.42 Å². The van der Waals surface area contributed by atoms with Crippen molar-refractivity contribution in [3.05, 3.63) is 57.9 Å². The highest BCUT2D eigenvalue weighted by molar-refractivity contribution is 7.11. The third-order valence-electron chi connectivity index (χ3n) is 4.84. The maximum atomic E-state index is 5.61. The second kappa shape index (κ2) is 8.56. The average molecular weight is 396 g/mol. The number of oxazole rings is 1. The van der Waals surface area contributed by atoms with Crippen LogP contribution >= 0.6 is 11.3 Å². The molecule has 0 saturated carbocycles. The minimum Gasteiger partial charge on any atom is -0.444 e. The molecule has 1 aliphatic rings. The molecule has 0 unspecified atom stereocenters. The van der Waals surface area contributed by atoms with E-state index in [9.17, 15) is 0 Å². The van der Waals surface area contributed by atoms with Gasteiger partial charge in [-0.1, -0.05) is 18.2 Å². The van der Waals surface area contributed by atoms with Crippen molar-refractivity contribution in [3.63, 3.8) is 0 Å². The predicted molar refractivity (Wildman–Crippen MR) is 112 cm³/mol. The van der Waals surface area contributed by atoms with E-state index in [1.165, 1.54) is 29.8 Å². The number of rotatable bonds is 5. The lowest BCUT2D eigenvalue weighted by atomic mass is 10.0. The van der Waals surface area contributed by atoms with E-state index in [1.54, 1.807) is 13.3 Å². The summed E-state index contributed by atoms with van der Waals surface area (Å²) in [7, 11) is 3.83. The van der Waals surface area contributed by atoms with Crippen molar-refractivity contribution in [1.82, 2.24) is 20.2 Å². The van der Waals surface area contributed by atoms with Crippen molar-refractivity contribution in [3.8, 4) is 11.5 Å². The molecule has 0 atom stereocenters. The number of nitrogens with zero attached hydrogens (tertiary/aromatic N) is 4. The molecule has 1 aromatic carbocycles. The molecule has 0 amide bonds. The average Bonchev–Trinajstić information content (AvgIpc) is 3.35. The molecule has 0 spiro atoms. The molecule has 7 heteroatoms. The SMILES string of the molecule is CN=C(NCc1coc(-c2ccccc2)n1)N(C)Cc1nc2c(s1)CCCC2. The van der Waals surface area contributed by atoms with Gasteiger partial charge in [-0.05, 0) is 37.8 Å². The third-order valence-corrected chi connectivity index (χ3v) is 5.98. The molecular weight excluding hydrogens is 370 g/mol. The Bertz CT molecular complexity index is 923. The molecule has 0 radical (unpaired) electrons. The van der Waals surface area contributed by atoms with Crippen LogP contribution in [-0.2, 0) is 25.9 Å². The van der Waals surface area contributed by atoms with E-state index in [0.29, 0.717) is 12.4 Å². The Kier molecular flexibility index (Phi) is 5.71. The summed E-state index contributed by atoms with van der Waals surface area (Å²) in [5.41, 5.74) is 3.12.